The highest BCUT2D eigenvalue weighted by atomic mass is 16.5. The minimum absolute atomic E-state index is 0.520. The van der Waals surface area contributed by atoms with Gasteiger partial charge in [-0.05, 0) is 0 Å². The highest BCUT2D eigenvalue weighted by Gasteiger charge is 2.16. The van der Waals surface area contributed by atoms with Crippen molar-refractivity contribution < 1.29 is 14.2 Å². The van der Waals surface area contributed by atoms with E-state index in [9.17, 15) is 0 Å². The molecule has 1 aromatic rings. The number of rotatable bonds is 6. The number of anilines is 1. The van der Waals surface area contributed by atoms with E-state index in [1.54, 1.807) is 7.11 Å². The van der Waals surface area contributed by atoms with Crippen molar-refractivity contribution in [1.82, 2.24) is 9.97 Å². The maximum absolute atomic E-state index is 5.90. The summed E-state index contributed by atoms with van der Waals surface area (Å²) in [5.74, 6) is 1.28. The molecule has 0 aromatic carbocycles. The van der Waals surface area contributed by atoms with Gasteiger partial charge >= 0.3 is 0 Å². The molecule has 0 bridgehead atoms. The van der Waals surface area contributed by atoms with Crippen LogP contribution in [0.5, 0.6) is 0 Å². The number of nitrogens with two attached hydrogens (primary N) is 1. The molecule has 0 amide bonds. The van der Waals surface area contributed by atoms with E-state index in [-0.39, 0.29) is 0 Å². The smallest absolute Gasteiger partial charge is 0.133 e. The molecule has 0 fully saturated rings. The quantitative estimate of drug-likeness (QED) is 0.736. The van der Waals surface area contributed by atoms with E-state index in [2.05, 4.69) is 9.97 Å². The molecule has 0 unspecified atom stereocenters. The first-order chi connectivity index (χ1) is 8.81. The molecular formula is C12H19N3O3. The van der Waals surface area contributed by atoms with Crippen LogP contribution in [0, 0.1) is 0 Å². The van der Waals surface area contributed by atoms with Crippen LogP contribution in [0.15, 0.2) is 0 Å². The molecule has 6 heteroatoms. The molecule has 0 saturated carbocycles. The summed E-state index contributed by atoms with van der Waals surface area (Å²) >= 11 is 0. The van der Waals surface area contributed by atoms with Crippen molar-refractivity contribution in [3.05, 3.63) is 17.1 Å². The number of hydrogen-bond acceptors (Lipinski definition) is 6. The second-order valence-electron chi connectivity index (χ2n) is 4.11. The summed E-state index contributed by atoms with van der Waals surface area (Å²) in [5, 5.41) is 0. The van der Waals surface area contributed by atoms with E-state index in [0.717, 1.165) is 23.5 Å². The SMILES string of the molecule is COCCOCCc1nc(N)c2c(n1)CCOC2. The van der Waals surface area contributed by atoms with Crippen LogP contribution in [-0.4, -0.2) is 43.5 Å². The van der Waals surface area contributed by atoms with Gasteiger partial charge in [0.1, 0.15) is 11.6 Å². The molecule has 0 aliphatic carbocycles. The highest BCUT2D eigenvalue weighted by molar-refractivity contribution is 5.42. The molecule has 1 aliphatic rings. The average Bonchev–Trinajstić information content (AvgIpc) is 2.39. The summed E-state index contributed by atoms with van der Waals surface area (Å²) in [6.07, 6.45) is 1.47. The zero-order valence-electron chi connectivity index (χ0n) is 10.6. The zero-order chi connectivity index (χ0) is 12.8. The third-order valence-electron chi connectivity index (χ3n) is 2.80. The topological polar surface area (TPSA) is 79.5 Å². The van der Waals surface area contributed by atoms with Gasteiger partial charge in [0.15, 0.2) is 0 Å². The van der Waals surface area contributed by atoms with E-state index < -0.39 is 0 Å². The van der Waals surface area contributed by atoms with Crippen LogP contribution in [-0.2, 0) is 33.7 Å². The lowest BCUT2D eigenvalue weighted by atomic mass is 10.1. The van der Waals surface area contributed by atoms with Gasteiger partial charge in [-0.1, -0.05) is 0 Å². The molecule has 2 heterocycles. The summed E-state index contributed by atoms with van der Waals surface area (Å²) in [4.78, 5) is 8.79. The third kappa shape index (κ3) is 3.38. The third-order valence-corrected chi connectivity index (χ3v) is 2.80. The van der Waals surface area contributed by atoms with Crippen molar-refractivity contribution in [2.24, 2.45) is 0 Å². The number of aromatic nitrogens is 2. The Morgan fingerprint density at radius 2 is 2.17 bits per heavy atom. The number of ether oxygens (including phenoxy) is 3. The summed E-state index contributed by atoms with van der Waals surface area (Å²) in [5.41, 5.74) is 7.85. The number of nitrogen functional groups attached to an aromatic ring is 1. The minimum Gasteiger partial charge on any atom is -0.383 e. The maximum Gasteiger partial charge on any atom is 0.133 e. The molecule has 100 valence electrons. The molecule has 1 aromatic heterocycles. The Labute approximate surface area is 106 Å². The molecule has 2 rings (SSSR count). The Hall–Kier alpha value is -1.24. The summed E-state index contributed by atoms with van der Waals surface area (Å²) in [6.45, 7) is 2.99. The lowest BCUT2D eigenvalue weighted by Crippen LogP contribution is -2.18. The zero-order valence-corrected chi connectivity index (χ0v) is 10.6. The van der Waals surface area contributed by atoms with Crippen LogP contribution >= 0.6 is 0 Å². The first-order valence-corrected chi connectivity index (χ1v) is 6.10. The van der Waals surface area contributed by atoms with Gasteiger partial charge in [-0.3, -0.25) is 0 Å². The molecule has 1 aliphatic heterocycles. The molecule has 6 nitrogen and oxygen atoms in total. The summed E-state index contributed by atoms with van der Waals surface area (Å²) in [7, 11) is 1.65. The highest BCUT2D eigenvalue weighted by Crippen LogP contribution is 2.19. The van der Waals surface area contributed by atoms with E-state index in [1.165, 1.54) is 0 Å². The molecule has 0 spiro atoms. The van der Waals surface area contributed by atoms with Crippen molar-refractivity contribution in [1.29, 1.82) is 0 Å². The van der Waals surface area contributed by atoms with Gasteiger partial charge in [0.05, 0.1) is 38.7 Å². The van der Waals surface area contributed by atoms with E-state index in [0.29, 0.717) is 45.3 Å². The Morgan fingerprint density at radius 3 is 3.00 bits per heavy atom. The molecule has 18 heavy (non-hydrogen) atoms. The van der Waals surface area contributed by atoms with Gasteiger partial charge in [-0.2, -0.15) is 0 Å². The average molecular weight is 253 g/mol. The molecular weight excluding hydrogens is 234 g/mol. The number of methoxy groups -OCH3 is 1. The van der Waals surface area contributed by atoms with Crippen LogP contribution in [0.25, 0.3) is 0 Å². The van der Waals surface area contributed by atoms with Crippen molar-refractivity contribution in [2.45, 2.75) is 19.4 Å². The van der Waals surface area contributed by atoms with Gasteiger partial charge in [0, 0.05) is 25.5 Å². The van der Waals surface area contributed by atoms with Gasteiger partial charge < -0.3 is 19.9 Å². The predicted molar refractivity (Wildman–Crippen MR) is 66.2 cm³/mol. The predicted octanol–water partition coefficient (Wildman–Crippen LogP) is 0.337. The van der Waals surface area contributed by atoms with Gasteiger partial charge in [-0.25, -0.2) is 9.97 Å². The fourth-order valence-electron chi connectivity index (χ4n) is 1.83. The maximum atomic E-state index is 5.90. The monoisotopic (exact) mass is 253 g/mol. The number of fused-ring (bicyclic) bond motifs is 1. The fourth-order valence-corrected chi connectivity index (χ4v) is 1.83. The van der Waals surface area contributed by atoms with Crippen LogP contribution in [0.2, 0.25) is 0 Å². The van der Waals surface area contributed by atoms with Crippen LogP contribution in [0.1, 0.15) is 17.1 Å². The van der Waals surface area contributed by atoms with Crippen LogP contribution < -0.4 is 5.73 Å². The Balaban J connectivity index is 1.91. The Morgan fingerprint density at radius 1 is 1.28 bits per heavy atom. The molecule has 2 N–H and O–H groups in total. The minimum atomic E-state index is 0.520. The van der Waals surface area contributed by atoms with Crippen molar-refractivity contribution in [3.63, 3.8) is 0 Å². The van der Waals surface area contributed by atoms with Crippen LogP contribution in [0.4, 0.5) is 5.82 Å². The fraction of sp³-hybridized carbons (Fsp3) is 0.667. The van der Waals surface area contributed by atoms with E-state index in [1.807, 2.05) is 0 Å². The normalized spacial score (nSPS) is 14.5. The van der Waals surface area contributed by atoms with Gasteiger partial charge in [-0.15, -0.1) is 0 Å². The summed E-state index contributed by atoms with van der Waals surface area (Å²) in [6, 6.07) is 0. The van der Waals surface area contributed by atoms with Crippen molar-refractivity contribution in [2.75, 3.05) is 39.3 Å². The number of nitrogens with zero attached hydrogens (tertiary/aromatic N) is 2. The lowest BCUT2D eigenvalue weighted by molar-refractivity contribution is 0.0715. The standard InChI is InChI=1S/C12H19N3O3/c1-16-6-7-17-5-3-11-14-10-2-4-18-8-9(10)12(13)15-11/h2-8H2,1H3,(H2,13,14,15). The second kappa shape index (κ2) is 6.63. The van der Waals surface area contributed by atoms with E-state index >= 15 is 0 Å². The Bertz CT molecular complexity index is 398. The molecule has 0 radical (unpaired) electrons. The van der Waals surface area contributed by atoms with Gasteiger partial charge in [0.25, 0.3) is 0 Å². The van der Waals surface area contributed by atoms with Crippen molar-refractivity contribution >= 4 is 5.82 Å². The van der Waals surface area contributed by atoms with Crippen LogP contribution in [0.3, 0.4) is 0 Å². The largest absolute Gasteiger partial charge is 0.383 e. The summed E-state index contributed by atoms with van der Waals surface area (Å²) < 4.78 is 15.6. The second-order valence-corrected chi connectivity index (χ2v) is 4.11. The number of hydrogen-bond donors (Lipinski definition) is 1. The Kier molecular flexibility index (Phi) is 4.86. The lowest BCUT2D eigenvalue weighted by Gasteiger charge is -2.17. The molecule has 0 atom stereocenters. The molecule has 0 saturated heterocycles. The van der Waals surface area contributed by atoms with Crippen molar-refractivity contribution in [3.8, 4) is 0 Å². The first kappa shape index (κ1) is 13.2. The first-order valence-electron chi connectivity index (χ1n) is 6.10. The van der Waals surface area contributed by atoms with Gasteiger partial charge in [0.2, 0.25) is 0 Å². The van der Waals surface area contributed by atoms with E-state index in [4.69, 9.17) is 19.9 Å².